The van der Waals surface area contributed by atoms with E-state index >= 15 is 0 Å². The molecule has 5 rings (SSSR count). The van der Waals surface area contributed by atoms with Crippen molar-refractivity contribution in [2.75, 3.05) is 19.6 Å². The van der Waals surface area contributed by atoms with Gasteiger partial charge >= 0.3 is 0 Å². The van der Waals surface area contributed by atoms with Crippen LogP contribution >= 0.6 is 0 Å². The quantitative estimate of drug-likeness (QED) is 0.462. The van der Waals surface area contributed by atoms with E-state index in [1.807, 2.05) is 54.6 Å². The largest absolute Gasteiger partial charge is 0.487 e. The Hall–Kier alpha value is -2.63. The first-order chi connectivity index (χ1) is 16.4. The average Bonchev–Trinajstić information content (AvgIpc) is 2.85. The predicted molar refractivity (Wildman–Crippen MR) is 138 cm³/mol. The number of hydrogen-bond donors (Lipinski definition) is 0. The molecule has 2 aliphatic heterocycles. The van der Waals surface area contributed by atoms with Crippen molar-refractivity contribution in [3.63, 3.8) is 0 Å². The predicted octanol–water partition coefficient (Wildman–Crippen LogP) is 5.65. The van der Waals surface area contributed by atoms with Crippen molar-refractivity contribution in [1.29, 1.82) is 0 Å². The summed E-state index contributed by atoms with van der Waals surface area (Å²) in [5, 5.41) is 0. The second kappa shape index (κ2) is 9.55. The molecular formula is C29H33NO3S. The van der Waals surface area contributed by atoms with Crippen LogP contribution in [-0.2, 0) is 27.8 Å². The number of likely N-dealkylation sites (tertiary alicyclic amines) is 1. The lowest BCUT2D eigenvalue weighted by Crippen LogP contribution is -2.49. The van der Waals surface area contributed by atoms with E-state index in [-0.39, 0.29) is 17.1 Å². The van der Waals surface area contributed by atoms with Crippen molar-refractivity contribution in [2.24, 2.45) is 0 Å². The topological polar surface area (TPSA) is 46.6 Å². The van der Waals surface area contributed by atoms with Gasteiger partial charge in [0.15, 0.2) is 9.84 Å². The maximum absolute atomic E-state index is 12.6. The van der Waals surface area contributed by atoms with Crippen LogP contribution in [0.4, 0.5) is 0 Å². The van der Waals surface area contributed by atoms with Crippen LogP contribution in [-0.4, -0.2) is 38.6 Å². The molecule has 4 nitrogen and oxygen atoms in total. The fourth-order valence-corrected chi connectivity index (χ4v) is 6.76. The molecule has 0 saturated carbocycles. The number of sulfone groups is 1. The fraction of sp³-hybridized carbons (Fsp3) is 0.379. The van der Waals surface area contributed by atoms with Crippen LogP contribution in [0.25, 0.3) is 11.1 Å². The summed E-state index contributed by atoms with van der Waals surface area (Å²) in [6, 6.07) is 23.8. The molecule has 2 aliphatic rings. The van der Waals surface area contributed by atoms with Crippen molar-refractivity contribution in [3.05, 3.63) is 89.5 Å². The summed E-state index contributed by atoms with van der Waals surface area (Å²) in [7, 11) is -3.22. The normalized spacial score (nSPS) is 17.8. The number of hydrogen-bond acceptors (Lipinski definition) is 4. The molecule has 3 aromatic rings. The molecule has 178 valence electrons. The third kappa shape index (κ3) is 5.21. The van der Waals surface area contributed by atoms with Crippen LogP contribution < -0.4 is 4.74 Å². The second-order valence-corrected chi connectivity index (χ2v) is 11.8. The molecule has 5 heteroatoms. The van der Waals surface area contributed by atoms with E-state index in [0.717, 1.165) is 73.3 Å². The zero-order valence-corrected chi connectivity index (χ0v) is 20.7. The van der Waals surface area contributed by atoms with Gasteiger partial charge in [-0.05, 0) is 72.2 Å². The van der Waals surface area contributed by atoms with Gasteiger partial charge in [-0.25, -0.2) is 8.42 Å². The van der Waals surface area contributed by atoms with Crippen LogP contribution in [0.1, 0.15) is 42.9 Å². The maximum Gasteiger partial charge on any atom is 0.158 e. The standard InChI is InChI=1S/C29H33NO3S/c1-2-30-18-16-29(17-19-30)15-14-27-20-26(12-13-28(27)33-29)25-10-8-24(9-11-25)22-34(31,32)21-23-6-4-3-5-7-23/h3-13,20H,2,14-19,21-22H2,1H3. The van der Waals surface area contributed by atoms with E-state index in [1.165, 1.54) is 5.56 Å². The van der Waals surface area contributed by atoms with E-state index in [2.05, 4.69) is 30.0 Å². The molecule has 1 saturated heterocycles. The lowest BCUT2D eigenvalue weighted by Gasteiger charge is -2.44. The molecule has 0 bridgehead atoms. The number of aryl methyl sites for hydroxylation is 1. The maximum atomic E-state index is 12.6. The van der Waals surface area contributed by atoms with Crippen LogP contribution in [0.5, 0.6) is 5.75 Å². The summed E-state index contributed by atoms with van der Waals surface area (Å²) in [6.45, 7) is 5.59. The van der Waals surface area contributed by atoms with Crippen LogP contribution in [0.3, 0.4) is 0 Å². The summed E-state index contributed by atoms with van der Waals surface area (Å²) < 4.78 is 31.8. The lowest BCUT2D eigenvalue weighted by atomic mass is 9.82. The van der Waals surface area contributed by atoms with Crippen LogP contribution in [0.15, 0.2) is 72.8 Å². The summed E-state index contributed by atoms with van der Waals surface area (Å²) in [5.74, 6) is 1.15. The molecular weight excluding hydrogens is 442 g/mol. The Morgan fingerprint density at radius 1 is 0.824 bits per heavy atom. The Balaban J connectivity index is 1.26. The molecule has 1 fully saturated rings. The van der Waals surface area contributed by atoms with E-state index in [0.29, 0.717) is 0 Å². The first kappa shape index (κ1) is 23.1. The van der Waals surface area contributed by atoms with Gasteiger partial charge in [-0.1, -0.05) is 67.6 Å². The lowest BCUT2D eigenvalue weighted by molar-refractivity contribution is -0.0132. The molecule has 0 unspecified atom stereocenters. The Labute approximate surface area is 203 Å². The number of benzene rings is 3. The van der Waals surface area contributed by atoms with Gasteiger partial charge in [0.1, 0.15) is 11.4 Å². The molecule has 0 aromatic heterocycles. The number of piperidine rings is 1. The molecule has 2 heterocycles. The van der Waals surface area contributed by atoms with Gasteiger partial charge in [-0.3, -0.25) is 0 Å². The molecule has 0 amide bonds. The molecule has 3 aromatic carbocycles. The monoisotopic (exact) mass is 475 g/mol. The number of nitrogens with zero attached hydrogens (tertiary/aromatic N) is 1. The van der Waals surface area contributed by atoms with Crippen LogP contribution in [0, 0.1) is 0 Å². The van der Waals surface area contributed by atoms with E-state index in [9.17, 15) is 8.42 Å². The molecule has 0 N–H and O–H groups in total. The van der Waals surface area contributed by atoms with Crippen molar-refractivity contribution in [1.82, 2.24) is 4.90 Å². The fourth-order valence-electron chi connectivity index (χ4n) is 5.26. The Bertz CT molecular complexity index is 1230. The van der Waals surface area contributed by atoms with Gasteiger partial charge in [0, 0.05) is 13.1 Å². The number of rotatable bonds is 6. The molecule has 34 heavy (non-hydrogen) atoms. The number of fused-ring (bicyclic) bond motifs is 1. The third-order valence-electron chi connectivity index (χ3n) is 7.35. The smallest absolute Gasteiger partial charge is 0.158 e. The number of ether oxygens (including phenoxy) is 1. The third-order valence-corrected chi connectivity index (χ3v) is 8.90. The Kier molecular flexibility index (Phi) is 6.50. The molecule has 0 aliphatic carbocycles. The second-order valence-electron chi connectivity index (χ2n) is 9.76. The molecule has 0 atom stereocenters. The average molecular weight is 476 g/mol. The summed E-state index contributed by atoms with van der Waals surface area (Å²) >= 11 is 0. The van der Waals surface area contributed by atoms with E-state index in [1.54, 1.807) is 0 Å². The zero-order chi connectivity index (χ0) is 23.6. The van der Waals surface area contributed by atoms with Crippen LogP contribution in [0.2, 0.25) is 0 Å². The van der Waals surface area contributed by atoms with Crippen molar-refractivity contribution >= 4 is 9.84 Å². The van der Waals surface area contributed by atoms with Crippen molar-refractivity contribution in [2.45, 2.75) is 49.7 Å². The van der Waals surface area contributed by atoms with Gasteiger partial charge in [0.05, 0.1) is 11.5 Å². The van der Waals surface area contributed by atoms with Gasteiger partial charge in [0.2, 0.25) is 0 Å². The minimum atomic E-state index is -3.22. The van der Waals surface area contributed by atoms with E-state index in [4.69, 9.17) is 4.74 Å². The van der Waals surface area contributed by atoms with Gasteiger partial charge in [0.25, 0.3) is 0 Å². The van der Waals surface area contributed by atoms with Gasteiger partial charge in [-0.2, -0.15) is 0 Å². The highest BCUT2D eigenvalue weighted by molar-refractivity contribution is 7.89. The Morgan fingerprint density at radius 3 is 2.15 bits per heavy atom. The van der Waals surface area contributed by atoms with Crippen molar-refractivity contribution in [3.8, 4) is 16.9 Å². The van der Waals surface area contributed by atoms with Gasteiger partial charge < -0.3 is 9.64 Å². The Morgan fingerprint density at radius 2 is 1.47 bits per heavy atom. The SMILES string of the molecule is CCN1CCC2(CCc3cc(-c4ccc(CS(=O)(=O)Cc5ccccc5)cc4)ccc3O2)CC1. The first-order valence-electron chi connectivity index (χ1n) is 12.3. The highest BCUT2D eigenvalue weighted by atomic mass is 32.2. The molecule has 1 spiro atoms. The highest BCUT2D eigenvalue weighted by Gasteiger charge is 2.39. The summed E-state index contributed by atoms with van der Waals surface area (Å²) in [6.07, 6.45) is 4.34. The van der Waals surface area contributed by atoms with E-state index < -0.39 is 9.84 Å². The zero-order valence-electron chi connectivity index (χ0n) is 19.9. The van der Waals surface area contributed by atoms with Gasteiger partial charge in [-0.15, -0.1) is 0 Å². The first-order valence-corrected chi connectivity index (χ1v) is 14.1. The minimum Gasteiger partial charge on any atom is -0.487 e. The molecule has 0 radical (unpaired) electrons. The summed E-state index contributed by atoms with van der Waals surface area (Å²) in [5.41, 5.74) is 5.18. The highest BCUT2D eigenvalue weighted by Crippen LogP contribution is 2.40. The summed E-state index contributed by atoms with van der Waals surface area (Å²) in [4.78, 5) is 2.50. The minimum absolute atomic E-state index is 0.00702. The van der Waals surface area contributed by atoms with Crippen molar-refractivity contribution < 1.29 is 13.2 Å².